The van der Waals surface area contributed by atoms with Crippen molar-refractivity contribution in [3.8, 4) is 17.2 Å². The number of hydrazone groups is 1. The Kier molecular flexibility index (Phi) is 4.93. The van der Waals surface area contributed by atoms with Crippen LogP contribution in [0.5, 0.6) is 17.2 Å². The molecule has 2 unspecified atom stereocenters. The number of carbonyl (C=O) groups is 5. The summed E-state index contributed by atoms with van der Waals surface area (Å²) in [6, 6.07) is 0. The lowest BCUT2D eigenvalue weighted by Crippen LogP contribution is -2.47. The Bertz CT molecular complexity index is 1160. The normalized spacial score (nSPS) is 22.3. The van der Waals surface area contributed by atoms with Crippen LogP contribution in [0.15, 0.2) is 16.9 Å². The Morgan fingerprint density at radius 2 is 1.81 bits per heavy atom. The fourth-order valence-electron chi connectivity index (χ4n) is 3.76. The Hall–Kier alpha value is -4.02. The molecule has 11 heteroatoms. The summed E-state index contributed by atoms with van der Waals surface area (Å²) in [6.45, 7) is 5.25. The summed E-state index contributed by atoms with van der Waals surface area (Å²) in [6.07, 6.45) is 1.04. The number of primary amides is 1. The molecule has 2 aliphatic rings. The summed E-state index contributed by atoms with van der Waals surface area (Å²) in [5.41, 5.74) is 4.56. The van der Waals surface area contributed by atoms with E-state index >= 15 is 0 Å². The fourth-order valence-corrected chi connectivity index (χ4v) is 3.76. The van der Waals surface area contributed by atoms with Crippen molar-refractivity contribution in [2.24, 2.45) is 16.8 Å². The molecule has 31 heavy (non-hydrogen) atoms. The van der Waals surface area contributed by atoms with Crippen molar-refractivity contribution in [2.75, 3.05) is 0 Å². The number of allylic oxidation sites excluding steroid dienone is 2. The van der Waals surface area contributed by atoms with E-state index in [2.05, 4.69) is 5.10 Å². The molecule has 3 rings (SSSR count). The quantitative estimate of drug-likeness (QED) is 0.168. The number of fused-ring (bicyclic) bond motifs is 3. The molecule has 5 N–H and O–H groups in total. The number of ketones is 3. The Morgan fingerprint density at radius 1 is 1.19 bits per heavy atom. The number of nitrogens with one attached hydrogen (secondary N) is 1. The molecule has 1 aromatic carbocycles. The van der Waals surface area contributed by atoms with Crippen LogP contribution in [-0.2, 0) is 24.6 Å². The minimum absolute atomic E-state index is 0.0321. The van der Waals surface area contributed by atoms with E-state index in [0.29, 0.717) is 0 Å². The van der Waals surface area contributed by atoms with Gasteiger partial charge in [-0.2, -0.15) is 5.10 Å². The molecule has 0 saturated carbocycles. The van der Waals surface area contributed by atoms with Gasteiger partial charge < -0.3 is 20.7 Å². The zero-order valence-electron chi connectivity index (χ0n) is 17.0. The number of carbonyl (C=O) groups excluding carboxylic acids is 5. The lowest BCUT2D eigenvalue weighted by molar-refractivity contribution is -0.137. The second-order valence-electron chi connectivity index (χ2n) is 7.45. The van der Waals surface area contributed by atoms with Crippen LogP contribution in [0, 0.1) is 12.8 Å². The molecule has 1 aliphatic carbocycles. The summed E-state index contributed by atoms with van der Waals surface area (Å²) >= 11 is 0. The van der Waals surface area contributed by atoms with Gasteiger partial charge in [0.2, 0.25) is 0 Å². The minimum Gasteiger partial charge on any atom is -0.507 e. The third-order valence-electron chi connectivity index (χ3n) is 5.48. The van der Waals surface area contributed by atoms with Crippen LogP contribution in [-0.4, -0.2) is 45.1 Å². The summed E-state index contributed by atoms with van der Waals surface area (Å²) < 4.78 is 5.63. The number of amides is 2. The highest BCUT2D eigenvalue weighted by molar-refractivity contribution is 6.34. The molecule has 2 amide bonds. The highest BCUT2D eigenvalue weighted by Gasteiger charge is 2.57. The van der Waals surface area contributed by atoms with Crippen molar-refractivity contribution in [3.05, 3.63) is 28.5 Å². The molecule has 1 aromatic rings. The van der Waals surface area contributed by atoms with E-state index in [1.165, 1.54) is 27.7 Å². The molecular formula is C20H19N3O8. The van der Waals surface area contributed by atoms with Gasteiger partial charge in [-0.3, -0.25) is 24.0 Å². The van der Waals surface area contributed by atoms with E-state index < -0.39 is 52.0 Å². The fraction of sp³-hybridized carbons (Fsp3) is 0.300. The predicted octanol–water partition coefficient (Wildman–Crippen LogP) is -0.112. The average Bonchev–Trinajstić information content (AvgIpc) is 2.97. The summed E-state index contributed by atoms with van der Waals surface area (Å²) in [5, 5.41) is 24.6. The van der Waals surface area contributed by atoms with E-state index in [1.54, 1.807) is 0 Å². The summed E-state index contributed by atoms with van der Waals surface area (Å²) in [4.78, 5) is 60.4. The third-order valence-corrected chi connectivity index (χ3v) is 5.48. The SMILES string of the molecule is CC(=O)c1c(O)c(C)c(O)c2c1OC1=CC(=O)C(/C(C)=N/NC(=O)C(N)=O)C(=O)C12C. The molecule has 0 bridgehead atoms. The first-order valence-corrected chi connectivity index (χ1v) is 9.06. The number of phenolic OH excluding ortho intramolecular Hbond substituents is 2. The van der Waals surface area contributed by atoms with Crippen molar-refractivity contribution in [3.63, 3.8) is 0 Å². The maximum atomic E-state index is 13.5. The number of Topliss-reactive ketones (excluding diaryl/α,β-unsaturated/α-hetero) is 2. The van der Waals surface area contributed by atoms with Gasteiger partial charge in [0.05, 0.1) is 11.3 Å². The number of aromatic hydroxyl groups is 2. The van der Waals surface area contributed by atoms with Crippen molar-refractivity contribution < 1.29 is 38.9 Å². The first-order chi connectivity index (χ1) is 14.3. The van der Waals surface area contributed by atoms with Crippen LogP contribution >= 0.6 is 0 Å². The Balaban J connectivity index is 2.19. The molecule has 1 aliphatic heterocycles. The number of benzene rings is 1. The number of rotatable bonds is 3. The van der Waals surface area contributed by atoms with E-state index in [9.17, 15) is 34.2 Å². The number of nitrogens with two attached hydrogens (primary N) is 1. The monoisotopic (exact) mass is 429 g/mol. The van der Waals surface area contributed by atoms with Gasteiger partial charge in [-0.25, -0.2) is 5.43 Å². The van der Waals surface area contributed by atoms with Crippen molar-refractivity contribution in [1.82, 2.24) is 5.43 Å². The number of phenols is 2. The number of nitrogens with zero attached hydrogens (tertiary/aromatic N) is 1. The van der Waals surface area contributed by atoms with Gasteiger partial charge in [0.15, 0.2) is 17.3 Å². The highest BCUT2D eigenvalue weighted by Crippen LogP contribution is 2.57. The van der Waals surface area contributed by atoms with Gasteiger partial charge in [-0.1, -0.05) is 0 Å². The van der Waals surface area contributed by atoms with Crippen LogP contribution in [0.25, 0.3) is 0 Å². The van der Waals surface area contributed by atoms with Crippen LogP contribution in [0.2, 0.25) is 0 Å². The van der Waals surface area contributed by atoms with Crippen molar-refractivity contribution in [1.29, 1.82) is 0 Å². The molecule has 11 nitrogen and oxygen atoms in total. The zero-order valence-corrected chi connectivity index (χ0v) is 17.0. The first kappa shape index (κ1) is 21.7. The number of hydrogen-bond acceptors (Lipinski definition) is 9. The van der Waals surface area contributed by atoms with Crippen molar-refractivity contribution in [2.45, 2.75) is 33.1 Å². The van der Waals surface area contributed by atoms with E-state index in [0.717, 1.165) is 6.08 Å². The largest absolute Gasteiger partial charge is 0.507 e. The predicted molar refractivity (Wildman–Crippen MR) is 105 cm³/mol. The Morgan fingerprint density at radius 3 is 2.35 bits per heavy atom. The van der Waals surface area contributed by atoms with Crippen LogP contribution in [0.4, 0.5) is 0 Å². The van der Waals surface area contributed by atoms with E-state index in [4.69, 9.17) is 10.5 Å². The van der Waals surface area contributed by atoms with Crippen molar-refractivity contribution >= 4 is 34.9 Å². The average molecular weight is 429 g/mol. The van der Waals surface area contributed by atoms with E-state index in [1.807, 2.05) is 5.43 Å². The summed E-state index contributed by atoms with van der Waals surface area (Å²) in [7, 11) is 0. The zero-order chi connectivity index (χ0) is 23.4. The van der Waals surface area contributed by atoms with Gasteiger partial charge >= 0.3 is 11.8 Å². The van der Waals surface area contributed by atoms with E-state index in [-0.39, 0.29) is 33.9 Å². The van der Waals surface area contributed by atoms with Crippen LogP contribution in [0.3, 0.4) is 0 Å². The smallest absolute Gasteiger partial charge is 0.329 e. The molecule has 0 aromatic heterocycles. The molecule has 0 radical (unpaired) electrons. The summed E-state index contributed by atoms with van der Waals surface area (Å²) in [5.74, 6) is -7.30. The molecule has 0 saturated heterocycles. The lowest BCUT2D eigenvalue weighted by Gasteiger charge is -2.31. The van der Waals surface area contributed by atoms with Gasteiger partial charge in [0.25, 0.3) is 0 Å². The minimum atomic E-state index is -1.68. The highest BCUT2D eigenvalue weighted by atomic mass is 16.5. The second-order valence-corrected chi connectivity index (χ2v) is 7.45. The van der Waals surface area contributed by atoms with Gasteiger partial charge in [-0.05, 0) is 27.7 Å². The Labute approximate surface area is 175 Å². The maximum absolute atomic E-state index is 13.5. The standard InChI is InChI=1S/C20H19N3O8/c1-6-14(26)12(8(3)24)16-13(15(6)27)20(4)10(31-16)5-9(25)11(17(20)28)7(2)22-23-19(30)18(21)29/h5,11,26-27H,1-4H3,(H2,21,29)(H,23,30)/b22-7+. The number of hydrogen-bond donors (Lipinski definition) is 4. The van der Waals surface area contributed by atoms with Crippen LogP contribution in [0.1, 0.15) is 42.3 Å². The van der Waals surface area contributed by atoms with Gasteiger partial charge in [0.1, 0.15) is 39.9 Å². The van der Waals surface area contributed by atoms with Gasteiger partial charge in [0, 0.05) is 11.6 Å². The molecule has 162 valence electrons. The number of ether oxygens (including phenoxy) is 1. The second kappa shape index (κ2) is 7.04. The maximum Gasteiger partial charge on any atom is 0.329 e. The topological polar surface area (TPSA) is 185 Å². The molecular weight excluding hydrogens is 410 g/mol. The first-order valence-electron chi connectivity index (χ1n) is 9.06. The molecule has 1 heterocycles. The molecule has 0 spiro atoms. The lowest BCUT2D eigenvalue weighted by atomic mass is 9.67. The van der Waals surface area contributed by atoms with Crippen LogP contribution < -0.4 is 15.9 Å². The molecule has 0 fully saturated rings. The van der Waals surface area contributed by atoms with Gasteiger partial charge in [-0.15, -0.1) is 0 Å². The third kappa shape index (κ3) is 2.97. The molecule has 2 atom stereocenters.